The predicted octanol–water partition coefficient (Wildman–Crippen LogP) is 6.99. The third kappa shape index (κ3) is 11.5. The molecular formula is C44H54Cl2Si2Zr-2. The average molecular weight is 801 g/mol. The summed E-state index contributed by atoms with van der Waals surface area (Å²) in [5.41, 5.74) is 9.85. The zero-order chi connectivity index (χ0) is 34.3. The monoisotopic (exact) mass is 798 g/mol. The van der Waals surface area contributed by atoms with E-state index in [1.54, 1.807) is 23.3 Å². The molecule has 6 rings (SSSR count). The van der Waals surface area contributed by atoms with E-state index in [0.29, 0.717) is 11.8 Å². The summed E-state index contributed by atoms with van der Waals surface area (Å²) >= 11 is 1.74. The van der Waals surface area contributed by atoms with Crippen molar-refractivity contribution in [2.45, 2.75) is 92.0 Å². The van der Waals surface area contributed by atoms with Gasteiger partial charge >= 0.3 is 41.9 Å². The Morgan fingerprint density at radius 3 is 1.59 bits per heavy atom. The van der Waals surface area contributed by atoms with Crippen LogP contribution in [0.15, 0.2) is 109 Å². The molecular weight excluding hydrogens is 747 g/mol. The maximum absolute atomic E-state index is 2.40. The van der Waals surface area contributed by atoms with Gasteiger partial charge in [-0.1, -0.05) is 138 Å². The van der Waals surface area contributed by atoms with Gasteiger partial charge in [0.25, 0.3) is 0 Å². The van der Waals surface area contributed by atoms with E-state index in [0.717, 1.165) is 6.42 Å². The van der Waals surface area contributed by atoms with Gasteiger partial charge in [0.05, 0.1) is 8.07 Å². The third-order valence-corrected chi connectivity index (χ3v) is 11.2. The van der Waals surface area contributed by atoms with Crippen LogP contribution in [0.25, 0.3) is 43.8 Å². The van der Waals surface area contributed by atoms with Gasteiger partial charge in [-0.05, 0) is 34.9 Å². The van der Waals surface area contributed by atoms with Crippen molar-refractivity contribution in [1.82, 2.24) is 0 Å². The van der Waals surface area contributed by atoms with Crippen LogP contribution in [-0.4, -0.2) is 13.5 Å². The molecule has 0 radical (unpaired) electrons. The summed E-state index contributed by atoms with van der Waals surface area (Å²) in [7, 11) is -1.21. The van der Waals surface area contributed by atoms with Crippen molar-refractivity contribution in [1.29, 1.82) is 0 Å². The quantitative estimate of drug-likeness (QED) is 0.121. The van der Waals surface area contributed by atoms with E-state index in [1.807, 2.05) is 0 Å². The molecule has 0 spiro atoms. The number of hydrogen-bond donors (Lipinski definition) is 0. The fourth-order valence-electron chi connectivity index (χ4n) is 5.98. The van der Waals surface area contributed by atoms with Crippen LogP contribution in [0.1, 0.15) is 69.6 Å². The molecule has 0 aliphatic carbocycles. The zero-order valence-corrected chi connectivity index (χ0v) is 37.2. The first-order valence-electron chi connectivity index (χ1n) is 17.4. The van der Waals surface area contributed by atoms with Crippen LogP contribution in [0.2, 0.25) is 32.7 Å². The fraction of sp³-hybridized carbons (Fsp3) is 0.318. The molecule has 0 bridgehead atoms. The number of hydrogen-bond acceptors (Lipinski definition) is 0. The first-order chi connectivity index (χ1) is 22.3. The second-order valence-corrected chi connectivity index (χ2v) is 29.0. The van der Waals surface area contributed by atoms with Crippen LogP contribution in [0.4, 0.5) is 0 Å². The molecule has 0 saturated heterocycles. The van der Waals surface area contributed by atoms with E-state index in [2.05, 4.69) is 177 Å². The summed E-state index contributed by atoms with van der Waals surface area (Å²) in [5, 5.41) is 7.01. The number of fused-ring (bicyclic) bond motifs is 2. The molecule has 0 fully saturated rings. The Labute approximate surface area is 326 Å². The predicted molar refractivity (Wildman–Crippen MR) is 213 cm³/mol. The molecule has 49 heavy (non-hydrogen) atoms. The van der Waals surface area contributed by atoms with Crippen molar-refractivity contribution < 1.29 is 48.1 Å². The minimum absolute atomic E-state index is 0. The smallest absolute Gasteiger partial charge is 1.00 e. The first-order valence-corrected chi connectivity index (χ1v) is 27.1. The molecule has 0 nitrogen and oxygen atoms in total. The number of rotatable bonds is 7. The van der Waals surface area contributed by atoms with Crippen LogP contribution < -0.4 is 30.0 Å². The van der Waals surface area contributed by atoms with Gasteiger partial charge in [-0.25, -0.2) is 0 Å². The summed E-state index contributed by atoms with van der Waals surface area (Å²) < 4.78 is 0. The first kappa shape index (κ1) is 43.2. The minimum atomic E-state index is -1.21. The van der Waals surface area contributed by atoms with Crippen LogP contribution >= 0.6 is 0 Å². The van der Waals surface area contributed by atoms with Crippen LogP contribution in [-0.2, 0) is 29.8 Å². The normalized spacial score (nSPS) is 11.5. The van der Waals surface area contributed by atoms with Crippen molar-refractivity contribution in [3.63, 3.8) is 0 Å². The molecule has 6 aromatic carbocycles. The summed E-state index contributed by atoms with van der Waals surface area (Å²) in [5.74, 6) is 1.21. The van der Waals surface area contributed by atoms with E-state index in [9.17, 15) is 0 Å². The molecule has 1 unspecified atom stereocenters. The van der Waals surface area contributed by atoms with Crippen molar-refractivity contribution in [3.8, 4) is 22.3 Å². The van der Waals surface area contributed by atoms with E-state index in [-0.39, 0.29) is 30.2 Å². The van der Waals surface area contributed by atoms with Gasteiger partial charge in [-0.2, -0.15) is 12.1 Å². The summed E-state index contributed by atoms with van der Waals surface area (Å²) in [6, 6.07) is 41.0. The van der Waals surface area contributed by atoms with E-state index >= 15 is 0 Å². The molecule has 0 aliphatic heterocycles. The SMILES string of the molecule is CCC(C)c1cc2c(-c3ccc(C(C)C)cc3)cccc2[cH-]1.CCc1cc2c(-c3ccc([Si](C)(C)C)cc3)cccc2[cH-]1.C[Si](C)=[Zr+2].[Cl-].[Cl-]. The third-order valence-electron chi connectivity index (χ3n) is 9.12. The molecule has 0 N–H and O–H groups in total. The van der Waals surface area contributed by atoms with Crippen molar-refractivity contribution in [3.05, 3.63) is 126 Å². The molecule has 0 saturated carbocycles. The molecule has 0 amide bonds. The molecule has 0 heterocycles. The van der Waals surface area contributed by atoms with Gasteiger partial charge in [-0.3, -0.25) is 0 Å². The standard InChI is InChI=1S/C22H25.C20H23Si.C2H6Si.2ClH.Zr/c1-5-16(4)20-13-19-7-6-8-21(22(19)14-20)18-11-9-17(10-12-18)15(2)3;1-5-15-13-17-7-6-8-19(20(17)14-15)16-9-11-18(12-10-16)21(2,3)4;1-3-2;;;/h6-16H,5H2,1-4H3;6-14H,5H2,1-4H3;1-2H3;2*1H;/q2*-1;;;;+2/p-2. The Kier molecular flexibility index (Phi) is 17.2. The van der Waals surface area contributed by atoms with Crippen LogP contribution in [0.5, 0.6) is 0 Å². The maximum atomic E-state index is 2.40. The molecule has 6 aromatic rings. The van der Waals surface area contributed by atoms with Gasteiger partial charge in [0, 0.05) is 0 Å². The topological polar surface area (TPSA) is 0 Å². The number of halogens is 2. The molecule has 0 aromatic heterocycles. The summed E-state index contributed by atoms with van der Waals surface area (Å²) in [4.78, 5) is 0. The summed E-state index contributed by atoms with van der Waals surface area (Å²) in [6.07, 6.45) is 2.29. The number of benzene rings is 4. The van der Waals surface area contributed by atoms with Crippen LogP contribution in [0, 0.1) is 0 Å². The Balaban J connectivity index is 0.000000296. The number of aryl methyl sites for hydroxylation is 1. The second kappa shape index (κ2) is 19.6. The Hall–Kier alpha value is -2.00. The Bertz CT molecular complexity index is 1900. The van der Waals surface area contributed by atoms with Crippen molar-refractivity contribution in [2.75, 3.05) is 0 Å². The molecule has 5 heteroatoms. The Morgan fingerprint density at radius 1 is 0.673 bits per heavy atom. The van der Waals surface area contributed by atoms with Crippen molar-refractivity contribution in [2.24, 2.45) is 0 Å². The van der Waals surface area contributed by atoms with Gasteiger partial charge in [-0.15, -0.1) is 69.1 Å². The van der Waals surface area contributed by atoms with Gasteiger partial charge < -0.3 is 24.8 Å². The van der Waals surface area contributed by atoms with Gasteiger partial charge in [0.2, 0.25) is 0 Å². The van der Waals surface area contributed by atoms with Crippen LogP contribution in [0.3, 0.4) is 0 Å². The maximum Gasteiger partial charge on any atom is -1.00 e. The average Bonchev–Trinajstić information content (AvgIpc) is 3.69. The van der Waals surface area contributed by atoms with Gasteiger partial charge in [0.1, 0.15) is 0 Å². The zero-order valence-electron chi connectivity index (χ0n) is 31.2. The fourth-order valence-corrected chi connectivity index (χ4v) is 7.15. The Morgan fingerprint density at radius 2 is 1.14 bits per heavy atom. The van der Waals surface area contributed by atoms with Gasteiger partial charge in [0.15, 0.2) is 0 Å². The van der Waals surface area contributed by atoms with Crippen molar-refractivity contribution >= 4 is 40.2 Å². The largest absolute Gasteiger partial charge is 1.00 e. The molecule has 1 atom stereocenters. The molecule has 258 valence electrons. The minimum Gasteiger partial charge on any atom is -1.00 e. The van der Waals surface area contributed by atoms with E-state index < -0.39 is 8.07 Å². The van der Waals surface area contributed by atoms with E-state index in [4.69, 9.17) is 0 Å². The summed E-state index contributed by atoms with van der Waals surface area (Å²) in [6.45, 7) is 23.1. The second-order valence-electron chi connectivity index (χ2n) is 14.5. The van der Waals surface area contributed by atoms with E-state index in [1.165, 1.54) is 72.1 Å². The molecule has 0 aliphatic rings.